The van der Waals surface area contributed by atoms with Crippen LogP contribution in [0.3, 0.4) is 0 Å². The van der Waals surface area contributed by atoms with Gasteiger partial charge in [-0.2, -0.15) is 0 Å². The zero-order valence-electron chi connectivity index (χ0n) is 21.7. The van der Waals surface area contributed by atoms with Crippen molar-refractivity contribution in [3.63, 3.8) is 0 Å². The summed E-state index contributed by atoms with van der Waals surface area (Å²) in [6.07, 6.45) is 1.65. The summed E-state index contributed by atoms with van der Waals surface area (Å²) in [6.45, 7) is 6.18. The van der Waals surface area contributed by atoms with E-state index >= 15 is 0 Å². The fourth-order valence-electron chi connectivity index (χ4n) is 4.60. The predicted octanol–water partition coefficient (Wildman–Crippen LogP) is 5.53. The van der Waals surface area contributed by atoms with Crippen molar-refractivity contribution in [2.45, 2.75) is 32.7 Å². The number of aromatic nitrogens is 1. The Kier molecular flexibility index (Phi) is 7.68. The van der Waals surface area contributed by atoms with Gasteiger partial charge in [-0.05, 0) is 48.2 Å². The monoisotopic (exact) mass is 602 g/mol. The summed E-state index contributed by atoms with van der Waals surface area (Å²) in [4.78, 5) is 32.8. The first-order valence-corrected chi connectivity index (χ1v) is 14.3. The first-order valence-electron chi connectivity index (χ1n) is 12.6. The lowest BCUT2D eigenvalue weighted by molar-refractivity contribution is -0.138. The highest BCUT2D eigenvalue weighted by atomic mass is 79.9. The zero-order valence-corrected chi connectivity index (χ0v) is 24.1. The van der Waals surface area contributed by atoms with Gasteiger partial charge in [0.2, 0.25) is 0 Å². The summed E-state index contributed by atoms with van der Waals surface area (Å²) in [5.74, 6) is -0.127. The Morgan fingerprint density at radius 1 is 1.13 bits per heavy atom. The molecule has 8 heteroatoms. The number of aromatic hydroxyl groups is 1. The second-order valence-electron chi connectivity index (χ2n) is 9.46. The van der Waals surface area contributed by atoms with Gasteiger partial charge in [0.25, 0.3) is 5.56 Å². The van der Waals surface area contributed by atoms with Crippen LogP contribution in [0, 0.1) is 0 Å². The van der Waals surface area contributed by atoms with Crippen LogP contribution in [0.25, 0.3) is 11.8 Å². The quantitative estimate of drug-likeness (QED) is 0.294. The lowest BCUT2D eigenvalue weighted by Gasteiger charge is -2.26. The summed E-state index contributed by atoms with van der Waals surface area (Å²) < 4.78 is 8.25. The van der Waals surface area contributed by atoms with Crippen molar-refractivity contribution in [2.24, 2.45) is 4.99 Å². The molecule has 0 saturated heterocycles. The van der Waals surface area contributed by atoms with E-state index in [1.54, 1.807) is 35.8 Å². The number of carbonyl (C=O) groups is 1. The number of phenols is 1. The molecule has 1 atom stereocenters. The largest absolute Gasteiger partial charge is 0.507 e. The van der Waals surface area contributed by atoms with E-state index in [0.29, 0.717) is 32.1 Å². The molecule has 1 N–H and O–H groups in total. The average molecular weight is 604 g/mol. The summed E-state index contributed by atoms with van der Waals surface area (Å²) >= 11 is 4.64. The molecule has 0 spiro atoms. The number of hydrogen-bond donors (Lipinski definition) is 1. The molecule has 198 valence electrons. The maximum absolute atomic E-state index is 14.0. The van der Waals surface area contributed by atoms with Crippen molar-refractivity contribution in [3.8, 4) is 5.75 Å². The van der Waals surface area contributed by atoms with Crippen LogP contribution < -0.4 is 14.9 Å². The van der Waals surface area contributed by atoms with Crippen molar-refractivity contribution >= 4 is 45.0 Å². The van der Waals surface area contributed by atoms with Gasteiger partial charge in [-0.15, -0.1) is 0 Å². The minimum absolute atomic E-state index is 0.0575. The van der Waals surface area contributed by atoms with E-state index in [9.17, 15) is 14.7 Å². The van der Waals surface area contributed by atoms with Crippen LogP contribution in [0.4, 0.5) is 0 Å². The summed E-state index contributed by atoms with van der Waals surface area (Å²) in [7, 11) is 0. The van der Waals surface area contributed by atoms with E-state index in [2.05, 4.69) is 29.8 Å². The summed E-state index contributed by atoms with van der Waals surface area (Å²) in [6, 6.07) is 21.7. The number of nitrogens with zero attached hydrogens (tertiary/aromatic N) is 2. The molecule has 1 aliphatic rings. The van der Waals surface area contributed by atoms with E-state index in [4.69, 9.17) is 9.73 Å². The smallest absolute Gasteiger partial charge is 0.338 e. The van der Waals surface area contributed by atoms with Gasteiger partial charge in [0, 0.05) is 15.6 Å². The van der Waals surface area contributed by atoms with Crippen LogP contribution in [-0.4, -0.2) is 22.2 Å². The van der Waals surface area contributed by atoms with E-state index in [1.165, 1.54) is 11.3 Å². The number of carbonyl (C=O) groups excluding carboxylic acids is 1. The van der Waals surface area contributed by atoms with Crippen molar-refractivity contribution in [1.29, 1.82) is 0 Å². The number of benzene rings is 3. The SMILES string of the molecule is CCOC(=O)C1=C(c2ccccc2)N=c2s/c(=C\c3cc(Br)ccc3O)c(=O)n2[C@H]1c1ccc(C(C)C)cc1. The number of thiazole rings is 1. The lowest BCUT2D eigenvalue weighted by Crippen LogP contribution is -2.40. The molecule has 1 aliphatic heterocycles. The Bertz CT molecular complexity index is 1750. The minimum atomic E-state index is -0.741. The molecule has 5 rings (SSSR count). The van der Waals surface area contributed by atoms with Crippen LogP contribution in [-0.2, 0) is 9.53 Å². The van der Waals surface area contributed by atoms with Crippen molar-refractivity contribution in [3.05, 3.63) is 125 Å². The fourth-order valence-corrected chi connectivity index (χ4v) is 5.97. The second-order valence-corrected chi connectivity index (χ2v) is 11.4. The van der Waals surface area contributed by atoms with E-state index in [0.717, 1.165) is 21.2 Å². The van der Waals surface area contributed by atoms with Crippen molar-refractivity contribution < 1.29 is 14.6 Å². The molecule has 2 heterocycles. The van der Waals surface area contributed by atoms with Crippen LogP contribution in [0.5, 0.6) is 5.75 Å². The number of hydrogen-bond acceptors (Lipinski definition) is 6. The van der Waals surface area contributed by atoms with Gasteiger partial charge in [0.05, 0.1) is 28.5 Å². The van der Waals surface area contributed by atoms with Gasteiger partial charge in [-0.3, -0.25) is 9.36 Å². The topological polar surface area (TPSA) is 80.9 Å². The fraction of sp³-hybridized carbons (Fsp3) is 0.194. The zero-order chi connectivity index (χ0) is 27.7. The Morgan fingerprint density at radius 2 is 1.85 bits per heavy atom. The van der Waals surface area contributed by atoms with Gasteiger partial charge in [0.15, 0.2) is 4.80 Å². The Hall–Kier alpha value is -3.75. The molecule has 6 nitrogen and oxygen atoms in total. The third-order valence-corrected chi connectivity index (χ3v) is 8.04. The molecule has 0 fully saturated rings. The normalized spacial score (nSPS) is 15.3. The third-order valence-electron chi connectivity index (χ3n) is 6.57. The molecule has 39 heavy (non-hydrogen) atoms. The van der Waals surface area contributed by atoms with E-state index < -0.39 is 12.0 Å². The van der Waals surface area contributed by atoms with Crippen LogP contribution in [0.15, 0.2) is 92.6 Å². The highest BCUT2D eigenvalue weighted by molar-refractivity contribution is 9.10. The minimum Gasteiger partial charge on any atom is -0.507 e. The average Bonchev–Trinajstić information content (AvgIpc) is 3.24. The standard InChI is InChI=1S/C31H27BrN2O4S/c1-4-38-30(37)26-27(20-8-6-5-7-9-20)33-31-34(28(26)21-12-10-19(11-13-21)18(2)3)29(36)25(39-31)17-22-16-23(32)14-15-24(22)35/h5-18,28,35H,4H2,1-3H3/b25-17-/t28-/m0/s1. The highest BCUT2D eigenvalue weighted by Gasteiger charge is 2.35. The number of fused-ring (bicyclic) bond motifs is 1. The third kappa shape index (κ3) is 5.27. The van der Waals surface area contributed by atoms with Crippen LogP contribution in [0.2, 0.25) is 0 Å². The first-order chi connectivity index (χ1) is 18.8. The molecule has 0 unspecified atom stereocenters. The van der Waals surface area contributed by atoms with E-state index in [-0.39, 0.29) is 17.9 Å². The molecule has 3 aromatic carbocycles. The second kappa shape index (κ2) is 11.2. The number of halogens is 1. The van der Waals surface area contributed by atoms with Gasteiger partial charge in [-0.1, -0.05) is 95.7 Å². The molecular formula is C31H27BrN2O4S. The van der Waals surface area contributed by atoms with Gasteiger partial charge in [0.1, 0.15) is 5.75 Å². The molecule has 0 saturated carbocycles. The van der Waals surface area contributed by atoms with Crippen LogP contribution >= 0.6 is 27.3 Å². The number of esters is 1. The molecule has 4 aromatic rings. The predicted molar refractivity (Wildman–Crippen MR) is 157 cm³/mol. The number of phenolic OH excluding ortho intramolecular Hbond substituents is 1. The molecule has 0 radical (unpaired) electrons. The summed E-state index contributed by atoms with van der Waals surface area (Å²) in [5, 5.41) is 10.4. The number of rotatable bonds is 6. The molecule has 0 amide bonds. The maximum atomic E-state index is 14.0. The van der Waals surface area contributed by atoms with Crippen LogP contribution in [0.1, 0.15) is 55.0 Å². The van der Waals surface area contributed by atoms with Crippen molar-refractivity contribution in [1.82, 2.24) is 4.57 Å². The first kappa shape index (κ1) is 26.8. The number of ether oxygens (including phenoxy) is 1. The Balaban J connectivity index is 1.83. The molecule has 1 aromatic heterocycles. The molecule has 0 bridgehead atoms. The van der Waals surface area contributed by atoms with E-state index in [1.807, 2.05) is 54.6 Å². The van der Waals surface area contributed by atoms with Crippen molar-refractivity contribution in [2.75, 3.05) is 6.61 Å². The Labute approximate surface area is 238 Å². The molecular weight excluding hydrogens is 576 g/mol. The Morgan fingerprint density at radius 3 is 2.51 bits per heavy atom. The molecule has 0 aliphatic carbocycles. The lowest BCUT2D eigenvalue weighted by atomic mass is 9.91. The van der Waals surface area contributed by atoms with Gasteiger partial charge in [-0.25, -0.2) is 9.79 Å². The van der Waals surface area contributed by atoms with Gasteiger partial charge >= 0.3 is 5.97 Å². The summed E-state index contributed by atoms with van der Waals surface area (Å²) in [5.41, 5.74) is 3.68. The van der Waals surface area contributed by atoms with Gasteiger partial charge < -0.3 is 9.84 Å². The highest BCUT2D eigenvalue weighted by Crippen LogP contribution is 2.35. The maximum Gasteiger partial charge on any atom is 0.338 e.